The van der Waals surface area contributed by atoms with E-state index in [0.29, 0.717) is 35.3 Å². The summed E-state index contributed by atoms with van der Waals surface area (Å²) in [6.45, 7) is 1.25. The number of hydrogen-bond donors (Lipinski definition) is 1. The lowest BCUT2D eigenvalue weighted by Gasteiger charge is -2.31. The van der Waals surface area contributed by atoms with Gasteiger partial charge >= 0.3 is 0 Å². The topological polar surface area (TPSA) is 49.8 Å². The van der Waals surface area contributed by atoms with Gasteiger partial charge in [0.1, 0.15) is 0 Å². The van der Waals surface area contributed by atoms with E-state index in [1.54, 1.807) is 29.2 Å². The molecule has 20 heavy (non-hydrogen) atoms. The molecule has 1 amide bonds. The monoisotopic (exact) mass is 315 g/mol. The van der Waals surface area contributed by atoms with E-state index >= 15 is 0 Å². The SMILES string of the molecule is O=C(/C=C/c1cccc(Cl)c1Cl)N1CCOC(CO)C1. The van der Waals surface area contributed by atoms with Gasteiger partial charge in [-0.05, 0) is 17.7 Å². The van der Waals surface area contributed by atoms with Gasteiger partial charge in [0.2, 0.25) is 5.91 Å². The Hall–Kier alpha value is -1.07. The Kier molecular flexibility index (Phi) is 5.43. The lowest BCUT2D eigenvalue weighted by Crippen LogP contribution is -2.46. The van der Waals surface area contributed by atoms with Gasteiger partial charge in [-0.25, -0.2) is 0 Å². The molecular weight excluding hydrogens is 301 g/mol. The van der Waals surface area contributed by atoms with Crippen molar-refractivity contribution in [2.24, 2.45) is 0 Å². The first kappa shape index (κ1) is 15.3. The van der Waals surface area contributed by atoms with Crippen LogP contribution in [-0.4, -0.2) is 48.3 Å². The van der Waals surface area contributed by atoms with Crippen LogP contribution in [0.2, 0.25) is 10.0 Å². The number of carbonyl (C=O) groups is 1. The molecule has 108 valence electrons. The molecule has 0 spiro atoms. The van der Waals surface area contributed by atoms with Crippen LogP contribution < -0.4 is 0 Å². The fraction of sp³-hybridized carbons (Fsp3) is 0.357. The number of benzene rings is 1. The number of rotatable bonds is 3. The number of hydrogen-bond acceptors (Lipinski definition) is 3. The molecule has 1 aromatic carbocycles. The van der Waals surface area contributed by atoms with Gasteiger partial charge in [0.15, 0.2) is 0 Å². The molecule has 1 unspecified atom stereocenters. The van der Waals surface area contributed by atoms with Crippen molar-refractivity contribution in [2.45, 2.75) is 6.10 Å². The van der Waals surface area contributed by atoms with Crippen molar-refractivity contribution in [1.82, 2.24) is 4.90 Å². The number of halogens is 2. The Morgan fingerprint density at radius 1 is 1.50 bits per heavy atom. The average molecular weight is 316 g/mol. The zero-order valence-corrected chi connectivity index (χ0v) is 12.3. The van der Waals surface area contributed by atoms with E-state index in [9.17, 15) is 4.79 Å². The number of carbonyl (C=O) groups excluding carboxylic acids is 1. The minimum Gasteiger partial charge on any atom is -0.394 e. The molecule has 0 saturated carbocycles. The maximum atomic E-state index is 12.1. The number of aliphatic hydroxyl groups excluding tert-OH is 1. The highest BCUT2D eigenvalue weighted by Crippen LogP contribution is 2.26. The number of amides is 1. The van der Waals surface area contributed by atoms with Crippen molar-refractivity contribution in [1.29, 1.82) is 0 Å². The molecule has 1 N–H and O–H groups in total. The van der Waals surface area contributed by atoms with Crippen molar-refractivity contribution in [3.05, 3.63) is 39.9 Å². The van der Waals surface area contributed by atoms with Crippen LogP contribution in [0.25, 0.3) is 6.08 Å². The molecule has 0 radical (unpaired) electrons. The molecule has 0 aliphatic carbocycles. The lowest BCUT2D eigenvalue weighted by atomic mass is 10.2. The first-order valence-corrected chi connectivity index (χ1v) is 7.01. The second-order valence-corrected chi connectivity index (χ2v) is 5.22. The largest absolute Gasteiger partial charge is 0.394 e. The molecule has 1 aliphatic rings. The van der Waals surface area contributed by atoms with Crippen molar-refractivity contribution in [3.63, 3.8) is 0 Å². The molecule has 1 fully saturated rings. The van der Waals surface area contributed by atoms with Gasteiger partial charge in [-0.3, -0.25) is 4.79 Å². The summed E-state index contributed by atoms with van der Waals surface area (Å²) in [4.78, 5) is 13.7. The predicted molar refractivity (Wildman–Crippen MR) is 78.9 cm³/mol. The minimum atomic E-state index is -0.309. The van der Waals surface area contributed by atoms with Gasteiger partial charge in [0.25, 0.3) is 0 Å². The van der Waals surface area contributed by atoms with E-state index < -0.39 is 0 Å². The molecule has 1 aromatic rings. The normalized spacial score (nSPS) is 19.6. The summed E-state index contributed by atoms with van der Waals surface area (Å²) >= 11 is 12.0. The molecule has 4 nitrogen and oxygen atoms in total. The molecule has 0 bridgehead atoms. The number of ether oxygens (including phenoxy) is 1. The number of morpholine rings is 1. The van der Waals surface area contributed by atoms with Crippen LogP contribution >= 0.6 is 23.2 Å². The van der Waals surface area contributed by atoms with Crippen LogP contribution in [0.3, 0.4) is 0 Å². The summed E-state index contributed by atoms with van der Waals surface area (Å²) in [5.41, 5.74) is 0.694. The molecule has 1 heterocycles. The van der Waals surface area contributed by atoms with Gasteiger partial charge in [-0.15, -0.1) is 0 Å². The molecule has 0 aromatic heterocycles. The number of nitrogens with zero attached hydrogens (tertiary/aromatic N) is 1. The molecule has 6 heteroatoms. The Morgan fingerprint density at radius 3 is 3.05 bits per heavy atom. The van der Waals surface area contributed by atoms with Crippen LogP contribution in [0.1, 0.15) is 5.56 Å². The van der Waals surface area contributed by atoms with E-state index in [2.05, 4.69) is 0 Å². The predicted octanol–water partition coefficient (Wildman–Crippen LogP) is 2.23. The van der Waals surface area contributed by atoms with Crippen LogP contribution in [0.4, 0.5) is 0 Å². The highest BCUT2D eigenvalue weighted by Gasteiger charge is 2.22. The highest BCUT2D eigenvalue weighted by atomic mass is 35.5. The summed E-state index contributed by atoms with van der Waals surface area (Å²) in [7, 11) is 0. The standard InChI is InChI=1S/C14H15Cl2NO3/c15-12-3-1-2-10(14(12)16)4-5-13(19)17-6-7-20-11(8-17)9-18/h1-5,11,18H,6-9H2/b5-4+. The Balaban J connectivity index is 2.03. The summed E-state index contributed by atoms with van der Waals surface area (Å²) < 4.78 is 5.30. The molecule has 2 rings (SSSR count). The van der Waals surface area contributed by atoms with Gasteiger partial charge in [0.05, 0.1) is 29.4 Å². The van der Waals surface area contributed by atoms with Crippen molar-refractivity contribution < 1.29 is 14.6 Å². The van der Waals surface area contributed by atoms with Crippen molar-refractivity contribution in [2.75, 3.05) is 26.3 Å². The van der Waals surface area contributed by atoms with E-state index in [1.807, 2.05) is 0 Å². The summed E-state index contributed by atoms with van der Waals surface area (Å²) in [6.07, 6.45) is 2.79. The zero-order chi connectivity index (χ0) is 14.5. The summed E-state index contributed by atoms with van der Waals surface area (Å²) in [5.74, 6) is -0.136. The summed E-state index contributed by atoms with van der Waals surface area (Å²) in [6, 6.07) is 5.25. The van der Waals surface area contributed by atoms with Crippen LogP contribution in [0.15, 0.2) is 24.3 Å². The average Bonchev–Trinajstić information content (AvgIpc) is 2.48. The Labute approximate surface area is 127 Å². The first-order valence-electron chi connectivity index (χ1n) is 6.25. The first-order chi connectivity index (χ1) is 9.61. The van der Waals surface area contributed by atoms with Gasteiger partial charge in [0, 0.05) is 19.2 Å². The van der Waals surface area contributed by atoms with Gasteiger partial charge in [-0.2, -0.15) is 0 Å². The third-order valence-corrected chi connectivity index (χ3v) is 3.87. The van der Waals surface area contributed by atoms with Crippen LogP contribution in [-0.2, 0) is 9.53 Å². The second-order valence-electron chi connectivity index (χ2n) is 4.44. The quantitative estimate of drug-likeness (QED) is 0.870. The molecule has 1 atom stereocenters. The third kappa shape index (κ3) is 3.73. The van der Waals surface area contributed by atoms with Gasteiger partial charge < -0.3 is 14.7 Å². The lowest BCUT2D eigenvalue weighted by molar-refractivity contribution is -0.134. The smallest absolute Gasteiger partial charge is 0.246 e. The summed E-state index contributed by atoms with van der Waals surface area (Å²) in [5, 5.41) is 9.93. The molecular formula is C14H15Cl2NO3. The van der Waals surface area contributed by atoms with Crippen molar-refractivity contribution >= 4 is 35.2 Å². The maximum absolute atomic E-state index is 12.1. The highest BCUT2D eigenvalue weighted by molar-refractivity contribution is 6.42. The van der Waals surface area contributed by atoms with E-state index in [4.69, 9.17) is 33.0 Å². The number of aliphatic hydroxyl groups is 1. The maximum Gasteiger partial charge on any atom is 0.246 e. The zero-order valence-electron chi connectivity index (χ0n) is 10.8. The minimum absolute atomic E-state index is 0.0897. The van der Waals surface area contributed by atoms with Crippen LogP contribution in [0, 0.1) is 0 Å². The van der Waals surface area contributed by atoms with Crippen LogP contribution in [0.5, 0.6) is 0 Å². The van der Waals surface area contributed by atoms with E-state index in [1.165, 1.54) is 6.08 Å². The van der Waals surface area contributed by atoms with Crippen molar-refractivity contribution in [3.8, 4) is 0 Å². The fourth-order valence-electron chi connectivity index (χ4n) is 1.95. The molecule has 1 saturated heterocycles. The van der Waals surface area contributed by atoms with E-state index in [0.717, 1.165) is 0 Å². The third-order valence-electron chi connectivity index (χ3n) is 3.04. The Bertz CT molecular complexity index is 519. The second kappa shape index (κ2) is 7.09. The Morgan fingerprint density at radius 2 is 2.30 bits per heavy atom. The van der Waals surface area contributed by atoms with Gasteiger partial charge in [-0.1, -0.05) is 35.3 Å². The molecule has 1 aliphatic heterocycles. The fourth-order valence-corrected chi connectivity index (χ4v) is 2.32. The van der Waals surface area contributed by atoms with E-state index in [-0.39, 0.29) is 18.6 Å².